The second-order valence-electron chi connectivity index (χ2n) is 6.55. The number of nitro groups is 1. The van der Waals surface area contributed by atoms with E-state index in [1.165, 1.54) is 10.4 Å². The van der Waals surface area contributed by atoms with Gasteiger partial charge < -0.3 is 4.90 Å². The molecular formula is C18H20FN3O4S. The van der Waals surface area contributed by atoms with E-state index < -0.39 is 20.8 Å². The highest BCUT2D eigenvalue weighted by atomic mass is 32.2. The molecule has 1 heterocycles. The van der Waals surface area contributed by atoms with Crippen molar-refractivity contribution in [3.8, 4) is 0 Å². The van der Waals surface area contributed by atoms with E-state index in [0.29, 0.717) is 18.7 Å². The molecule has 0 spiro atoms. The van der Waals surface area contributed by atoms with Gasteiger partial charge >= 0.3 is 0 Å². The van der Waals surface area contributed by atoms with E-state index in [4.69, 9.17) is 0 Å². The molecule has 1 saturated heterocycles. The van der Waals surface area contributed by atoms with Gasteiger partial charge in [0.25, 0.3) is 5.69 Å². The number of rotatable bonds is 4. The Morgan fingerprint density at radius 2 is 1.63 bits per heavy atom. The molecule has 0 saturated carbocycles. The molecule has 0 bridgehead atoms. The summed E-state index contributed by atoms with van der Waals surface area (Å²) < 4.78 is 41.2. The average molecular weight is 393 g/mol. The van der Waals surface area contributed by atoms with Gasteiger partial charge in [0.2, 0.25) is 10.0 Å². The van der Waals surface area contributed by atoms with Crippen molar-refractivity contribution in [3.05, 3.63) is 63.5 Å². The fourth-order valence-electron chi connectivity index (χ4n) is 3.12. The Hall–Kier alpha value is -2.52. The number of halogens is 1. The lowest BCUT2D eigenvalue weighted by molar-refractivity contribution is -0.385. The summed E-state index contributed by atoms with van der Waals surface area (Å²) in [5, 5.41) is 10.9. The molecule has 3 rings (SSSR count). The number of aryl methyl sites for hydroxylation is 2. The van der Waals surface area contributed by atoms with E-state index in [0.717, 1.165) is 11.6 Å². The highest BCUT2D eigenvalue weighted by Crippen LogP contribution is 2.29. The van der Waals surface area contributed by atoms with Crippen molar-refractivity contribution in [2.45, 2.75) is 18.7 Å². The summed E-state index contributed by atoms with van der Waals surface area (Å²) in [4.78, 5) is 12.3. The molecule has 0 N–H and O–H groups in total. The molecule has 27 heavy (non-hydrogen) atoms. The number of hydrogen-bond acceptors (Lipinski definition) is 5. The van der Waals surface area contributed by atoms with Crippen LogP contribution in [0.25, 0.3) is 0 Å². The van der Waals surface area contributed by atoms with Crippen LogP contribution in [0.1, 0.15) is 11.1 Å². The molecular weight excluding hydrogens is 373 g/mol. The Bertz CT molecular complexity index is 969. The van der Waals surface area contributed by atoms with Crippen LogP contribution < -0.4 is 4.90 Å². The van der Waals surface area contributed by atoms with E-state index in [2.05, 4.69) is 0 Å². The monoisotopic (exact) mass is 393 g/mol. The summed E-state index contributed by atoms with van der Waals surface area (Å²) in [5.74, 6) is -0.679. The maximum Gasteiger partial charge on any atom is 0.275 e. The largest absolute Gasteiger partial charge is 0.367 e. The molecule has 2 aromatic carbocycles. The van der Waals surface area contributed by atoms with Crippen LogP contribution in [0, 0.1) is 29.8 Å². The van der Waals surface area contributed by atoms with Gasteiger partial charge in [-0.3, -0.25) is 10.1 Å². The van der Waals surface area contributed by atoms with Crippen LogP contribution in [0.2, 0.25) is 0 Å². The maximum atomic E-state index is 14.3. The van der Waals surface area contributed by atoms with Gasteiger partial charge in [0, 0.05) is 31.7 Å². The third-order valence-corrected chi connectivity index (χ3v) is 6.61. The minimum Gasteiger partial charge on any atom is -0.367 e. The van der Waals surface area contributed by atoms with Gasteiger partial charge in [0.15, 0.2) is 5.82 Å². The van der Waals surface area contributed by atoms with Gasteiger partial charge in [0.05, 0.1) is 21.6 Å². The van der Waals surface area contributed by atoms with Crippen molar-refractivity contribution in [2.24, 2.45) is 0 Å². The summed E-state index contributed by atoms with van der Waals surface area (Å²) >= 11 is 0. The molecule has 144 valence electrons. The quantitative estimate of drug-likeness (QED) is 0.589. The van der Waals surface area contributed by atoms with Crippen LogP contribution in [0.4, 0.5) is 15.8 Å². The number of nitro benzene ring substituents is 1. The Balaban J connectivity index is 1.77. The Labute approximate surface area is 157 Å². The van der Waals surface area contributed by atoms with Gasteiger partial charge in [-0.05, 0) is 32.0 Å². The molecule has 0 atom stereocenters. The van der Waals surface area contributed by atoms with Crippen LogP contribution in [0.15, 0.2) is 41.3 Å². The first-order valence-electron chi connectivity index (χ1n) is 8.46. The van der Waals surface area contributed by atoms with Crippen molar-refractivity contribution in [3.63, 3.8) is 0 Å². The fourth-order valence-corrected chi connectivity index (χ4v) is 4.55. The smallest absolute Gasteiger partial charge is 0.275 e. The van der Waals surface area contributed by atoms with Crippen LogP contribution in [-0.2, 0) is 10.0 Å². The highest BCUT2D eigenvalue weighted by molar-refractivity contribution is 7.89. The van der Waals surface area contributed by atoms with Crippen LogP contribution in [0.5, 0.6) is 0 Å². The molecule has 0 unspecified atom stereocenters. The first-order valence-corrected chi connectivity index (χ1v) is 9.90. The van der Waals surface area contributed by atoms with E-state index in [1.807, 2.05) is 6.92 Å². The molecule has 9 heteroatoms. The Kier molecular flexibility index (Phi) is 5.16. The molecule has 0 amide bonds. The van der Waals surface area contributed by atoms with Crippen molar-refractivity contribution < 1.29 is 17.7 Å². The third-order valence-electron chi connectivity index (χ3n) is 4.70. The van der Waals surface area contributed by atoms with Crippen molar-refractivity contribution in [2.75, 3.05) is 31.1 Å². The molecule has 0 radical (unpaired) electrons. The highest BCUT2D eigenvalue weighted by Gasteiger charge is 2.30. The number of nitrogens with zero attached hydrogens (tertiary/aromatic N) is 3. The zero-order valence-electron chi connectivity index (χ0n) is 15.1. The first-order chi connectivity index (χ1) is 12.7. The summed E-state index contributed by atoms with van der Waals surface area (Å²) in [5.41, 5.74) is 1.33. The number of sulfonamides is 1. The third kappa shape index (κ3) is 3.79. The predicted molar refractivity (Wildman–Crippen MR) is 99.9 cm³/mol. The number of benzene rings is 2. The number of anilines is 1. The zero-order chi connectivity index (χ0) is 19.8. The maximum absolute atomic E-state index is 14.3. The first kappa shape index (κ1) is 19.2. The second-order valence-corrected chi connectivity index (χ2v) is 8.49. The minimum atomic E-state index is -3.60. The minimum absolute atomic E-state index is 0.214. The SMILES string of the molecule is Cc1ccc(S(=O)(=O)N2CCN(c3cc(C)c([N+](=O)[O-])cc3F)CC2)cc1. The molecule has 7 nitrogen and oxygen atoms in total. The van der Waals surface area contributed by atoms with Gasteiger partial charge in [-0.15, -0.1) is 0 Å². The Morgan fingerprint density at radius 3 is 2.19 bits per heavy atom. The molecule has 0 aliphatic carbocycles. The van der Waals surface area contributed by atoms with Gasteiger partial charge in [-0.1, -0.05) is 17.7 Å². The van der Waals surface area contributed by atoms with Crippen molar-refractivity contribution >= 4 is 21.4 Å². The summed E-state index contributed by atoms with van der Waals surface area (Å²) in [6.07, 6.45) is 0. The average Bonchev–Trinajstić information content (AvgIpc) is 2.63. The summed E-state index contributed by atoms with van der Waals surface area (Å²) in [6.45, 7) is 4.48. The van der Waals surface area contributed by atoms with Crippen molar-refractivity contribution in [1.29, 1.82) is 0 Å². The topological polar surface area (TPSA) is 83.8 Å². The lowest BCUT2D eigenvalue weighted by atomic mass is 10.1. The lowest BCUT2D eigenvalue weighted by Gasteiger charge is -2.35. The van der Waals surface area contributed by atoms with Crippen molar-refractivity contribution in [1.82, 2.24) is 4.31 Å². The van der Waals surface area contributed by atoms with E-state index >= 15 is 0 Å². The van der Waals surface area contributed by atoms with Gasteiger partial charge in [0.1, 0.15) is 0 Å². The van der Waals surface area contributed by atoms with Crippen LogP contribution in [-0.4, -0.2) is 43.8 Å². The molecule has 1 fully saturated rings. The van der Waals surface area contributed by atoms with Gasteiger partial charge in [-0.2, -0.15) is 4.31 Å². The Morgan fingerprint density at radius 1 is 1.04 bits per heavy atom. The van der Waals surface area contributed by atoms with E-state index in [1.54, 1.807) is 36.1 Å². The lowest BCUT2D eigenvalue weighted by Crippen LogP contribution is -2.48. The summed E-state index contributed by atoms with van der Waals surface area (Å²) in [6, 6.07) is 9.01. The zero-order valence-corrected chi connectivity index (χ0v) is 15.9. The number of piperazine rings is 1. The molecule has 1 aliphatic rings. The summed E-state index contributed by atoms with van der Waals surface area (Å²) in [7, 11) is -3.60. The second kappa shape index (κ2) is 7.24. The van der Waals surface area contributed by atoms with Crippen LogP contribution >= 0.6 is 0 Å². The predicted octanol–water partition coefficient (Wildman–Crippen LogP) is 2.86. The normalized spacial score (nSPS) is 15.7. The molecule has 1 aliphatic heterocycles. The number of hydrogen-bond donors (Lipinski definition) is 0. The molecule has 0 aromatic heterocycles. The molecule has 2 aromatic rings. The van der Waals surface area contributed by atoms with Crippen LogP contribution in [0.3, 0.4) is 0 Å². The van der Waals surface area contributed by atoms with E-state index in [9.17, 15) is 22.9 Å². The van der Waals surface area contributed by atoms with E-state index in [-0.39, 0.29) is 29.4 Å². The standard InChI is InChI=1S/C18H20FN3O4S/c1-13-3-5-15(6-4-13)27(25,26)21-9-7-20(8-10-21)18-11-14(2)17(22(23)24)12-16(18)19/h3-6,11-12H,7-10H2,1-2H3. The fraction of sp³-hybridized carbons (Fsp3) is 0.333. The van der Waals surface area contributed by atoms with Gasteiger partial charge in [-0.25, -0.2) is 12.8 Å².